The Labute approximate surface area is 215 Å². The molecule has 0 fully saturated rings. The second-order valence-corrected chi connectivity index (χ2v) is 10.3. The Morgan fingerprint density at radius 3 is 1.58 bits per heavy atom. The molecule has 0 amide bonds. The summed E-state index contributed by atoms with van der Waals surface area (Å²) in [5, 5.41) is 0. The van der Waals surface area contributed by atoms with Gasteiger partial charge in [-0.3, -0.25) is 0 Å². The first-order valence-corrected chi connectivity index (χ1v) is 13.2. The molecule has 0 aromatic heterocycles. The summed E-state index contributed by atoms with van der Waals surface area (Å²) in [6.45, 7) is 18.2. The Morgan fingerprint density at radius 1 is 0.722 bits per heavy atom. The van der Waals surface area contributed by atoms with Crippen LogP contribution in [0.5, 0.6) is 0 Å². The average molecular weight is 506 g/mol. The number of hydrogen-bond donors (Lipinski definition) is 0. The van der Waals surface area contributed by atoms with Crippen LogP contribution in [0.4, 0.5) is 28.6 Å². The fourth-order valence-corrected chi connectivity index (χ4v) is 5.77. The number of benzene rings is 2. The molecular weight excluding hydrogens is 463 g/mol. The van der Waals surface area contributed by atoms with Crippen LogP contribution in [0.25, 0.3) is 0 Å². The first-order chi connectivity index (χ1) is 16.8. The maximum Gasteiger partial charge on any atom is 0.673 e. The zero-order valence-electron chi connectivity index (χ0n) is 23.3. The van der Waals surface area contributed by atoms with E-state index < -0.39 is 7.25 Å². The summed E-state index contributed by atoms with van der Waals surface area (Å²) in [5.74, 6) is 0. The van der Waals surface area contributed by atoms with Gasteiger partial charge in [0.15, 0.2) is 0 Å². The lowest BCUT2D eigenvalue weighted by molar-refractivity contribution is -0.476. The van der Waals surface area contributed by atoms with Crippen molar-refractivity contribution in [3.05, 3.63) is 57.6 Å². The maximum atomic E-state index is 9.75. The van der Waals surface area contributed by atoms with Crippen LogP contribution in [-0.4, -0.2) is 30.3 Å². The molecular formula is C29H43BF4N2. The molecule has 0 spiro atoms. The van der Waals surface area contributed by atoms with Crippen molar-refractivity contribution in [2.45, 2.75) is 106 Å². The first-order valence-electron chi connectivity index (χ1n) is 13.2. The summed E-state index contributed by atoms with van der Waals surface area (Å²) in [6, 6.07) is 10.4. The fourth-order valence-electron chi connectivity index (χ4n) is 5.77. The number of halogens is 4. The van der Waals surface area contributed by atoms with Gasteiger partial charge >= 0.3 is 7.25 Å². The predicted octanol–water partition coefficient (Wildman–Crippen LogP) is 9.15. The molecule has 0 radical (unpaired) electrons. The highest BCUT2D eigenvalue weighted by Crippen LogP contribution is 2.38. The van der Waals surface area contributed by atoms with Crippen LogP contribution >= 0.6 is 0 Å². The quantitative estimate of drug-likeness (QED) is 0.197. The van der Waals surface area contributed by atoms with Gasteiger partial charge in [-0.2, -0.15) is 0 Å². The number of unbranched alkanes of at least 4 members (excludes halogenated alkanes) is 2. The molecule has 0 unspecified atom stereocenters. The summed E-state index contributed by atoms with van der Waals surface area (Å²) >= 11 is 0. The molecule has 1 heterocycles. The van der Waals surface area contributed by atoms with Crippen molar-refractivity contribution in [1.82, 2.24) is 0 Å². The van der Waals surface area contributed by atoms with Crippen molar-refractivity contribution in [2.24, 2.45) is 0 Å². The molecule has 0 bridgehead atoms. The summed E-state index contributed by atoms with van der Waals surface area (Å²) in [7, 11) is -6.00. The smallest absolute Gasteiger partial charge is 0.418 e. The molecule has 0 N–H and O–H groups in total. The van der Waals surface area contributed by atoms with Gasteiger partial charge in [-0.05, 0) is 89.5 Å². The Morgan fingerprint density at radius 2 is 1.14 bits per heavy atom. The van der Waals surface area contributed by atoms with Gasteiger partial charge in [-0.15, -0.1) is 0 Å². The summed E-state index contributed by atoms with van der Waals surface area (Å²) < 4.78 is 41.6. The number of aryl methyl sites for hydroxylation is 6. The second kappa shape index (κ2) is 12.8. The van der Waals surface area contributed by atoms with Crippen molar-refractivity contribution in [2.75, 3.05) is 4.90 Å². The highest BCUT2D eigenvalue weighted by Gasteiger charge is 2.44. The second-order valence-electron chi connectivity index (χ2n) is 10.3. The molecule has 0 aliphatic carbocycles. The lowest BCUT2D eigenvalue weighted by Crippen LogP contribution is -2.39. The molecule has 0 saturated carbocycles. The van der Waals surface area contributed by atoms with Crippen LogP contribution in [0.15, 0.2) is 24.3 Å². The van der Waals surface area contributed by atoms with Crippen molar-refractivity contribution in [3.63, 3.8) is 0 Å². The van der Waals surface area contributed by atoms with Gasteiger partial charge in [0.2, 0.25) is 6.34 Å². The van der Waals surface area contributed by atoms with Crippen molar-refractivity contribution >= 4 is 25.0 Å². The van der Waals surface area contributed by atoms with Gasteiger partial charge in [0, 0.05) is 0 Å². The zero-order chi connectivity index (χ0) is 27.2. The zero-order valence-corrected chi connectivity index (χ0v) is 23.3. The Balaban J connectivity index is 0.000000830. The van der Waals surface area contributed by atoms with Gasteiger partial charge in [0.25, 0.3) is 0 Å². The van der Waals surface area contributed by atoms with Gasteiger partial charge in [0.05, 0.1) is 0 Å². The monoisotopic (exact) mass is 506 g/mol. The van der Waals surface area contributed by atoms with Crippen LogP contribution in [0.2, 0.25) is 0 Å². The SMILES string of the molecule is CCCC[C@@H]1[C@@H](CCCC)[N+](c2c(C)cc(C)cc2C)=CN1c1c(C)cc(C)cc1C.F[B-](F)(F)F. The lowest BCUT2D eigenvalue weighted by atomic mass is 9.94. The summed E-state index contributed by atoms with van der Waals surface area (Å²) in [5.41, 5.74) is 11.1. The Kier molecular flexibility index (Phi) is 10.6. The van der Waals surface area contributed by atoms with Gasteiger partial charge in [-0.25, -0.2) is 9.48 Å². The summed E-state index contributed by atoms with van der Waals surface area (Å²) in [4.78, 5) is 2.64. The Bertz CT molecular complexity index is 1010. The predicted molar refractivity (Wildman–Crippen MR) is 147 cm³/mol. The van der Waals surface area contributed by atoms with E-state index in [4.69, 9.17) is 0 Å². The van der Waals surface area contributed by atoms with E-state index in [1.807, 2.05) is 0 Å². The van der Waals surface area contributed by atoms with Crippen molar-refractivity contribution in [1.29, 1.82) is 0 Å². The molecule has 0 saturated heterocycles. The van der Waals surface area contributed by atoms with Gasteiger partial charge < -0.3 is 17.3 Å². The third-order valence-corrected chi connectivity index (χ3v) is 6.90. The highest BCUT2D eigenvalue weighted by molar-refractivity contribution is 6.50. The number of rotatable bonds is 8. The summed E-state index contributed by atoms with van der Waals surface area (Å²) in [6.07, 6.45) is 10.0. The van der Waals surface area contributed by atoms with E-state index in [9.17, 15) is 17.3 Å². The first kappa shape index (κ1) is 29.9. The van der Waals surface area contributed by atoms with Crippen LogP contribution in [-0.2, 0) is 0 Å². The van der Waals surface area contributed by atoms with E-state index in [-0.39, 0.29) is 0 Å². The van der Waals surface area contributed by atoms with Crippen molar-refractivity contribution in [3.8, 4) is 0 Å². The molecule has 7 heteroatoms. The van der Waals surface area contributed by atoms with Crippen LogP contribution < -0.4 is 4.90 Å². The Hall–Kier alpha value is -2.31. The molecule has 1 aliphatic heterocycles. The molecule has 1 aliphatic rings. The standard InChI is InChI=1S/C29H43N2.BF4/c1-9-11-13-26-27(14-12-10-2)31(29-24(7)17-21(4)18-25(29)8)19-30(26)28-22(5)15-20(3)16-23(28)6;2-1(3,4)5/h15-19,26-27H,9-14H2,1-8H3;/q+1;-1/t26-,27-;/m1./s1. The van der Waals surface area contributed by atoms with E-state index in [0.717, 1.165) is 0 Å². The molecule has 3 rings (SSSR count). The van der Waals surface area contributed by atoms with E-state index >= 15 is 0 Å². The fraction of sp³-hybridized carbons (Fsp3) is 0.552. The van der Waals surface area contributed by atoms with Crippen molar-refractivity contribution < 1.29 is 21.8 Å². The molecule has 2 atom stereocenters. The number of anilines is 1. The van der Waals surface area contributed by atoms with E-state index in [1.165, 1.54) is 83.3 Å². The van der Waals surface area contributed by atoms with Gasteiger partial charge in [0.1, 0.15) is 23.5 Å². The normalized spacial score (nSPS) is 17.7. The van der Waals surface area contributed by atoms with E-state index in [1.54, 1.807) is 0 Å². The number of nitrogens with zero attached hydrogens (tertiary/aromatic N) is 2. The third-order valence-electron chi connectivity index (χ3n) is 6.90. The minimum atomic E-state index is -6.00. The van der Waals surface area contributed by atoms with E-state index in [0.29, 0.717) is 12.1 Å². The maximum absolute atomic E-state index is 9.75. The molecule has 200 valence electrons. The molecule has 36 heavy (non-hydrogen) atoms. The largest absolute Gasteiger partial charge is 0.673 e. The van der Waals surface area contributed by atoms with Crippen LogP contribution in [0.3, 0.4) is 0 Å². The topological polar surface area (TPSA) is 6.25 Å². The highest BCUT2D eigenvalue weighted by atomic mass is 19.5. The van der Waals surface area contributed by atoms with Crippen LogP contribution in [0, 0.1) is 41.5 Å². The minimum absolute atomic E-state index is 0.520. The number of hydrogen-bond acceptors (Lipinski definition) is 1. The lowest BCUT2D eigenvalue weighted by Gasteiger charge is -2.26. The minimum Gasteiger partial charge on any atom is -0.418 e. The molecule has 2 aromatic carbocycles. The molecule has 2 aromatic rings. The third kappa shape index (κ3) is 7.85. The van der Waals surface area contributed by atoms with Crippen LogP contribution in [0.1, 0.15) is 85.8 Å². The van der Waals surface area contributed by atoms with Gasteiger partial charge in [-0.1, -0.05) is 62.1 Å². The average Bonchev–Trinajstić information content (AvgIpc) is 3.05. The van der Waals surface area contributed by atoms with E-state index in [2.05, 4.69) is 95.5 Å². The molecule has 2 nitrogen and oxygen atoms in total.